The van der Waals surface area contributed by atoms with Crippen LogP contribution in [0.15, 0.2) is 36.4 Å². The second kappa shape index (κ2) is 6.01. The van der Waals surface area contributed by atoms with Gasteiger partial charge >= 0.3 is 0 Å². The minimum Gasteiger partial charge on any atom is -0.395 e. The molecule has 1 unspecified atom stereocenters. The van der Waals surface area contributed by atoms with Crippen molar-refractivity contribution in [3.8, 4) is 0 Å². The molecule has 0 saturated carbocycles. The van der Waals surface area contributed by atoms with Gasteiger partial charge in [0, 0.05) is 6.04 Å². The number of benzene rings is 2. The molecule has 92 valence electrons. The minimum absolute atomic E-state index is 0. The van der Waals surface area contributed by atoms with Crippen LogP contribution in [0.25, 0.3) is 10.8 Å². The zero-order valence-corrected chi connectivity index (χ0v) is 10.7. The molecule has 0 fully saturated rings. The van der Waals surface area contributed by atoms with Crippen LogP contribution in [-0.4, -0.2) is 17.8 Å². The summed E-state index contributed by atoms with van der Waals surface area (Å²) in [4.78, 5) is 0. The first-order valence-electron chi connectivity index (χ1n) is 5.56. The van der Waals surface area contributed by atoms with Gasteiger partial charge in [0.2, 0.25) is 0 Å². The fourth-order valence-corrected chi connectivity index (χ4v) is 2.04. The Morgan fingerprint density at radius 1 is 1.18 bits per heavy atom. The van der Waals surface area contributed by atoms with Crippen molar-refractivity contribution in [2.45, 2.75) is 19.4 Å². The van der Waals surface area contributed by atoms with E-state index in [9.17, 15) is 0 Å². The van der Waals surface area contributed by atoms with Gasteiger partial charge in [0.05, 0.1) is 6.61 Å². The lowest BCUT2D eigenvalue weighted by molar-refractivity contribution is 0.265. The SMILES string of the molecule is Cc1ccc2ccccc2c1CC(N)CO.Cl. The standard InChI is InChI=1S/C14H17NO.ClH/c1-10-6-7-11-4-2-3-5-13(11)14(10)8-12(15)9-16;/h2-7,12,16H,8-9,15H2,1H3;1H. The predicted molar refractivity (Wildman–Crippen MR) is 74.7 cm³/mol. The van der Waals surface area contributed by atoms with Crippen LogP contribution in [0.4, 0.5) is 0 Å². The summed E-state index contributed by atoms with van der Waals surface area (Å²) in [6, 6.07) is 12.3. The van der Waals surface area contributed by atoms with E-state index < -0.39 is 0 Å². The second-order valence-corrected chi connectivity index (χ2v) is 4.23. The Bertz CT molecular complexity index is 499. The maximum Gasteiger partial charge on any atom is 0.0585 e. The fraction of sp³-hybridized carbons (Fsp3) is 0.286. The number of hydrogen-bond donors (Lipinski definition) is 2. The topological polar surface area (TPSA) is 46.2 Å². The summed E-state index contributed by atoms with van der Waals surface area (Å²) in [6.07, 6.45) is 0.726. The molecule has 3 N–H and O–H groups in total. The van der Waals surface area contributed by atoms with E-state index >= 15 is 0 Å². The lowest BCUT2D eigenvalue weighted by Crippen LogP contribution is -2.27. The van der Waals surface area contributed by atoms with Crippen molar-refractivity contribution < 1.29 is 5.11 Å². The van der Waals surface area contributed by atoms with Crippen molar-refractivity contribution in [3.05, 3.63) is 47.5 Å². The van der Waals surface area contributed by atoms with Crippen LogP contribution in [0, 0.1) is 6.92 Å². The highest BCUT2D eigenvalue weighted by molar-refractivity contribution is 5.86. The van der Waals surface area contributed by atoms with E-state index in [0.29, 0.717) is 0 Å². The summed E-state index contributed by atoms with van der Waals surface area (Å²) in [5.41, 5.74) is 8.30. The molecule has 1 atom stereocenters. The molecule has 0 aliphatic heterocycles. The number of halogens is 1. The monoisotopic (exact) mass is 251 g/mol. The van der Waals surface area contributed by atoms with Crippen LogP contribution in [0.2, 0.25) is 0 Å². The summed E-state index contributed by atoms with van der Waals surface area (Å²) in [5.74, 6) is 0. The molecule has 0 saturated heterocycles. The van der Waals surface area contributed by atoms with E-state index in [0.717, 1.165) is 6.42 Å². The molecule has 2 aromatic carbocycles. The van der Waals surface area contributed by atoms with E-state index in [-0.39, 0.29) is 25.1 Å². The van der Waals surface area contributed by atoms with Crippen molar-refractivity contribution >= 4 is 23.2 Å². The van der Waals surface area contributed by atoms with Gasteiger partial charge in [-0.15, -0.1) is 12.4 Å². The first-order chi connectivity index (χ1) is 7.72. The average molecular weight is 252 g/mol. The lowest BCUT2D eigenvalue weighted by atomic mass is 9.95. The van der Waals surface area contributed by atoms with Crippen molar-refractivity contribution in [3.63, 3.8) is 0 Å². The van der Waals surface area contributed by atoms with E-state index in [4.69, 9.17) is 10.8 Å². The third kappa shape index (κ3) is 2.97. The average Bonchev–Trinajstić information content (AvgIpc) is 2.32. The molecular weight excluding hydrogens is 234 g/mol. The molecule has 0 bridgehead atoms. The predicted octanol–water partition coefficient (Wildman–Crippen LogP) is 2.43. The van der Waals surface area contributed by atoms with Crippen LogP contribution in [-0.2, 0) is 6.42 Å². The third-order valence-electron chi connectivity index (χ3n) is 2.98. The molecule has 2 nitrogen and oxygen atoms in total. The molecule has 17 heavy (non-hydrogen) atoms. The van der Waals surface area contributed by atoms with Gasteiger partial charge in [0.1, 0.15) is 0 Å². The first-order valence-corrected chi connectivity index (χ1v) is 5.56. The molecule has 2 rings (SSSR count). The van der Waals surface area contributed by atoms with Crippen LogP contribution in [0.1, 0.15) is 11.1 Å². The molecule has 0 aliphatic carbocycles. The quantitative estimate of drug-likeness (QED) is 0.880. The molecule has 2 aromatic rings. The maximum absolute atomic E-state index is 9.03. The zero-order valence-electron chi connectivity index (χ0n) is 9.89. The second-order valence-electron chi connectivity index (χ2n) is 4.23. The van der Waals surface area contributed by atoms with Gasteiger partial charge in [-0.25, -0.2) is 0 Å². The number of aryl methyl sites for hydroxylation is 1. The van der Waals surface area contributed by atoms with Gasteiger partial charge in [-0.05, 0) is 35.2 Å². The molecule has 0 aliphatic rings. The van der Waals surface area contributed by atoms with Crippen LogP contribution >= 0.6 is 12.4 Å². The number of fused-ring (bicyclic) bond motifs is 1. The van der Waals surface area contributed by atoms with E-state index in [1.165, 1.54) is 21.9 Å². The third-order valence-corrected chi connectivity index (χ3v) is 2.98. The van der Waals surface area contributed by atoms with Crippen molar-refractivity contribution in [1.82, 2.24) is 0 Å². The number of nitrogens with two attached hydrogens (primary N) is 1. The Morgan fingerprint density at radius 3 is 2.59 bits per heavy atom. The van der Waals surface area contributed by atoms with Gasteiger partial charge in [-0.3, -0.25) is 0 Å². The molecule has 0 spiro atoms. The number of hydrogen-bond acceptors (Lipinski definition) is 2. The van der Waals surface area contributed by atoms with Gasteiger partial charge in [0.25, 0.3) is 0 Å². The first kappa shape index (κ1) is 14.0. The van der Waals surface area contributed by atoms with Gasteiger partial charge < -0.3 is 10.8 Å². The van der Waals surface area contributed by atoms with E-state index in [1.54, 1.807) is 0 Å². The van der Waals surface area contributed by atoms with Gasteiger partial charge in [-0.2, -0.15) is 0 Å². The Hall–Kier alpha value is -1.09. The van der Waals surface area contributed by atoms with Crippen LogP contribution in [0.5, 0.6) is 0 Å². The summed E-state index contributed by atoms with van der Waals surface area (Å²) in [7, 11) is 0. The van der Waals surface area contributed by atoms with Crippen molar-refractivity contribution in [2.24, 2.45) is 5.73 Å². The highest BCUT2D eigenvalue weighted by Crippen LogP contribution is 2.23. The fourth-order valence-electron chi connectivity index (χ4n) is 2.04. The summed E-state index contributed by atoms with van der Waals surface area (Å²) in [6.45, 7) is 2.12. The Kier molecular flexibility index (Phi) is 4.94. The lowest BCUT2D eigenvalue weighted by Gasteiger charge is -2.13. The highest BCUT2D eigenvalue weighted by atomic mass is 35.5. The van der Waals surface area contributed by atoms with Crippen LogP contribution < -0.4 is 5.73 Å². The van der Waals surface area contributed by atoms with E-state index in [1.807, 2.05) is 12.1 Å². The molecule has 0 aromatic heterocycles. The number of rotatable bonds is 3. The molecule has 0 radical (unpaired) electrons. The summed E-state index contributed by atoms with van der Waals surface area (Å²) < 4.78 is 0. The molecular formula is C14H18ClNO. The minimum atomic E-state index is -0.176. The largest absolute Gasteiger partial charge is 0.395 e. The van der Waals surface area contributed by atoms with Gasteiger partial charge in [-0.1, -0.05) is 36.4 Å². The Balaban J connectivity index is 0.00000144. The maximum atomic E-state index is 9.03. The van der Waals surface area contributed by atoms with Crippen LogP contribution in [0.3, 0.4) is 0 Å². The van der Waals surface area contributed by atoms with E-state index in [2.05, 4.69) is 31.2 Å². The normalized spacial score (nSPS) is 12.2. The summed E-state index contributed by atoms with van der Waals surface area (Å²) in [5, 5.41) is 11.5. The Labute approximate surface area is 108 Å². The molecule has 3 heteroatoms. The highest BCUT2D eigenvalue weighted by Gasteiger charge is 2.08. The Morgan fingerprint density at radius 2 is 1.88 bits per heavy atom. The van der Waals surface area contributed by atoms with Gasteiger partial charge in [0.15, 0.2) is 0 Å². The number of aliphatic hydroxyl groups is 1. The zero-order chi connectivity index (χ0) is 11.5. The number of aliphatic hydroxyl groups excluding tert-OH is 1. The van der Waals surface area contributed by atoms with Crippen molar-refractivity contribution in [1.29, 1.82) is 0 Å². The van der Waals surface area contributed by atoms with Crippen molar-refractivity contribution in [2.75, 3.05) is 6.61 Å². The molecule has 0 amide bonds. The molecule has 0 heterocycles. The summed E-state index contributed by atoms with van der Waals surface area (Å²) >= 11 is 0. The smallest absolute Gasteiger partial charge is 0.0585 e.